The van der Waals surface area contributed by atoms with Crippen LogP contribution in [-0.4, -0.2) is 48.8 Å². The molecular formula is C16H19Cl2N3O4S. The highest BCUT2D eigenvalue weighted by Gasteiger charge is 2.27. The smallest absolute Gasteiger partial charge is 0.291 e. The number of nitrogens with zero attached hydrogens (tertiary/aromatic N) is 3. The van der Waals surface area contributed by atoms with Crippen molar-refractivity contribution in [2.75, 3.05) is 20.3 Å². The van der Waals surface area contributed by atoms with E-state index in [2.05, 4.69) is 5.10 Å². The van der Waals surface area contributed by atoms with Gasteiger partial charge in [-0.1, -0.05) is 30.1 Å². The molecule has 1 aromatic heterocycles. The van der Waals surface area contributed by atoms with Gasteiger partial charge in [0.25, 0.3) is 5.56 Å². The first kappa shape index (κ1) is 20.9. The van der Waals surface area contributed by atoms with Gasteiger partial charge in [-0.2, -0.15) is 14.1 Å². The summed E-state index contributed by atoms with van der Waals surface area (Å²) in [5.41, 5.74) is -0.209. The normalized spacial score (nSPS) is 13.2. The van der Waals surface area contributed by atoms with Crippen LogP contribution in [0.1, 0.15) is 13.8 Å². The zero-order valence-corrected chi connectivity index (χ0v) is 16.8. The minimum Gasteiger partial charge on any atom is -0.383 e. The van der Waals surface area contributed by atoms with E-state index in [9.17, 15) is 13.2 Å². The van der Waals surface area contributed by atoms with E-state index in [4.69, 9.17) is 27.9 Å². The first-order valence-corrected chi connectivity index (χ1v) is 9.98. The average molecular weight is 420 g/mol. The van der Waals surface area contributed by atoms with Gasteiger partial charge >= 0.3 is 0 Å². The second kappa shape index (κ2) is 8.49. The molecule has 0 N–H and O–H groups in total. The van der Waals surface area contributed by atoms with Crippen LogP contribution < -0.4 is 5.56 Å². The Morgan fingerprint density at radius 1 is 1.27 bits per heavy atom. The van der Waals surface area contributed by atoms with Crippen LogP contribution in [0.2, 0.25) is 10.0 Å². The molecule has 0 spiro atoms. The Balaban J connectivity index is 2.40. The zero-order chi connectivity index (χ0) is 19.5. The van der Waals surface area contributed by atoms with Gasteiger partial charge in [-0.05, 0) is 31.2 Å². The number of rotatable bonds is 7. The highest BCUT2D eigenvalue weighted by atomic mass is 35.5. The molecule has 0 fully saturated rings. The fraction of sp³-hybridized carbons (Fsp3) is 0.375. The highest BCUT2D eigenvalue weighted by Crippen LogP contribution is 2.21. The number of benzene rings is 1. The molecular weight excluding hydrogens is 401 g/mol. The van der Waals surface area contributed by atoms with E-state index in [1.807, 2.05) is 0 Å². The van der Waals surface area contributed by atoms with Gasteiger partial charge in [-0.3, -0.25) is 4.79 Å². The monoisotopic (exact) mass is 419 g/mol. The summed E-state index contributed by atoms with van der Waals surface area (Å²) in [6, 6.07) is 5.50. The molecule has 142 valence electrons. The Kier molecular flexibility index (Phi) is 6.81. The number of halogens is 2. The van der Waals surface area contributed by atoms with Crippen LogP contribution in [0.4, 0.5) is 0 Å². The molecule has 2 aromatic rings. The van der Waals surface area contributed by atoms with Gasteiger partial charge in [0.15, 0.2) is 0 Å². The number of ether oxygens (including phenoxy) is 1. The molecule has 2 rings (SSSR count). The lowest BCUT2D eigenvalue weighted by Gasteiger charge is -2.26. The first-order chi connectivity index (χ1) is 12.2. The molecule has 1 atom stereocenters. The summed E-state index contributed by atoms with van der Waals surface area (Å²) in [5.74, 6) is 0. The highest BCUT2D eigenvalue weighted by molar-refractivity contribution is 7.89. The summed E-state index contributed by atoms with van der Waals surface area (Å²) in [5, 5.41) is 3.82. The van der Waals surface area contributed by atoms with E-state index in [0.29, 0.717) is 12.2 Å². The molecule has 0 amide bonds. The Morgan fingerprint density at radius 3 is 2.42 bits per heavy atom. The maximum absolute atomic E-state index is 12.8. The third-order valence-corrected chi connectivity index (χ3v) is 6.63. The van der Waals surface area contributed by atoms with Crippen LogP contribution >= 0.6 is 23.2 Å². The van der Waals surface area contributed by atoms with Crippen molar-refractivity contribution in [2.45, 2.75) is 24.8 Å². The molecule has 0 radical (unpaired) electrons. The predicted molar refractivity (Wildman–Crippen MR) is 101 cm³/mol. The van der Waals surface area contributed by atoms with E-state index in [0.717, 1.165) is 4.68 Å². The Bertz CT molecular complexity index is 930. The average Bonchev–Trinajstić information content (AvgIpc) is 2.60. The molecule has 10 heteroatoms. The first-order valence-electron chi connectivity index (χ1n) is 7.78. The standard InChI is InChI=1S/C16H19Cl2N3O4S/c1-4-20(11(2)10-25-3)26(23,24)13-7-5-12(6-8-13)21-16(22)15(18)14(17)9-19-21/h5-9,11H,4,10H2,1-3H3. The molecule has 0 aliphatic heterocycles. The van der Waals surface area contributed by atoms with Crippen molar-refractivity contribution in [3.8, 4) is 5.69 Å². The van der Waals surface area contributed by atoms with Crippen molar-refractivity contribution in [3.05, 3.63) is 50.9 Å². The number of hydrogen-bond acceptors (Lipinski definition) is 5. The third-order valence-electron chi connectivity index (χ3n) is 3.78. The van der Waals surface area contributed by atoms with Crippen LogP contribution in [0, 0.1) is 0 Å². The van der Waals surface area contributed by atoms with Crippen LogP contribution in [-0.2, 0) is 14.8 Å². The van der Waals surface area contributed by atoms with Crippen LogP contribution in [0.5, 0.6) is 0 Å². The Hall–Kier alpha value is -1.45. The van der Waals surface area contributed by atoms with Crippen molar-refractivity contribution in [1.29, 1.82) is 0 Å². The van der Waals surface area contributed by atoms with Gasteiger partial charge in [-0.25, -0.2) is 8.42 Å². The Morgan fingerprint density at radius 2 is 1.88 bits per heavy atom. The molecule has 0 aliphatic carbocycles. The van der Waals surface area contributed by atoms with Crippen molar-refractivity contribution < 1.29 is 13.2 Å². The van der Waals surface area contributed by atoms with Crippen LogP contribution in [0.15, 0.2) is 40.2 Å². The number of methoxy groups -OCH3 is 1. The molecule has 1 aromatic carbocycles. The lowest BCUT2D eigenvalue weighted by molar-refractivity contribution is 0.142. The molecule has 0 saturated carbocycles. The summed E-state index contributed by atoms with van der Waals surface area (Å²) >= 11 is 11.6. The molecule has 0 bridgehead atoms. The number of aromatic nitrogens is 2. The quantitative estimate of drug-likeness (QED) is 0.688. The van der Waals surface area contributed by atoms with Crippen molar-refractivity contribution in [2.24, 2.45) is 0 Å². The molecule has 26 heavy (non-hydrogen) atoms. The summed E-state index contributed by atoms with van der Waals surface area (Å²) in [6.07, 6.45) is 1.25. The van der Waals surface area contributed by atoms with Crippen LogP contribution in [0.25, 0.3) is 5.69 Å². The summed E-state index contributed by atoms with van der Waals surface area (Å²) in [6.45, 7) is 4.13. The molecule has 0 aliphatic rings. The van der Waals surface area contributed by atoms with E-state index >= 15 is 0 Å². The van der Waals surface area contributed by atoms with Gasteiger partial charge in [0.05, 0.1) is 28.4 Å². The second-order valence-corrected chi connectivity index (χ2v) is 8.21. The molecule has 0 saturated heterocycles. The summed E-state index contributed by atoms with van der Waals surface area (Å²) in [7, 11) is -2.18. The van der Waals surface area contributed by atoms with Crippen molar-refractivity contribution >= 4 is 33.2 Å². The second-order valence-electron chi connectivity index (χ2n) is 5.53. The third kappa shape index (κ3) is 4.10. The maximum Gasteiger partial charge on any atom is 0.291 e. The van der Waals surface area contributed by atoms with E-state index in [1.165, 1.54) is 41.9 Å². The van der Waals surface area contributed by atoms with E-state index in [-0.39, 0.29) is 27.6 Å². The zero-order valence-electron chi connectivity index (χ0n) is 14.5. The maximum atomic E-state index is 12.8. The van der Waals surface area contributed by atoms with Gasteiger partial charge in [0.2, 0.25) is 10.0 Å². The summed E-state index contributed by atoms with van der Waals surface area (Å²) < 4.78 is 33.1. The van der Waals surface area contributed by atoms with E-state index < -0.39 is 15.6 Å². The SMILES string of the molecule is CCN(C(C)COC)S(=O)(=O)c1ccc(-n2ncc(Cl)c(Cl)c2=O)cc1. The minimum absolute atomic E-state index is 0.0535. The van der Waals surface area contributed by atoms with Crippen molar-refractivity contribution in [3.63, 3.8) is 0 Å². The van der Waals surface area contributed by atoms with Gasteiger partial charge in [0.1, 0.15) is 5.02 Å². The fourth-order valence-electron chi connectivity index (χ4n) is 2.53. The van der Waals surface area contributed by atoms with E-state index in [1.54, 1.807) is 13.8 Å². The topological polar surface area (TPSA) is 81.5 Å². The lowest BCUT2D eigenvalue weighted by Crippen LogP contribution is -2.40. The minimum atomic E-state index is -3.70. The molecule has 1 heterocycles. The molecule has 1 unspecified atom stereocenters. The number of sulfonamides is 1. The van der Waals surface area contributed by atoms with Crippen molar-refractivity contribution in [1.82, 2.24) is 14.1 Å². The van der Waals surface area contributed by atoms with Crippen LogP contribution in [0.3, 0.4) is 0 Å². The van der Waals surface area contributed by atoms with Gasteiger partial charge in [0, 0.05) is 19.7 Å². The Labute approximate surface area is 162 Å². The summed E-state index contributed by atoms with van der Waals surface area (Å²) in [4.78, 5) is 12.2. The molecule has 7 nitrogen and oxygen atoms in total. The number of hydrogen-bond donors (Lipinski definition) is 0. The fourth-order valence-corrected chi connectivity index (χ4v) is 4.41. The van der Waals surface area contributed by atoms with Gasteiger partial charge in [-0.15, -0.1) is 0 Å². The number of likely N-dealkylation sites (N-methyl/N-ethyl adjacent to an activating group) is 1. The largest absolute Gasteiger partial charge is 0.383 e. The predicted octanol–water partition coefficient (Wildman–Crippen LogP) is 2.58. The lowest BCUT2D eigenvalue weighted by atomic mass is 10.3. The van der Waals surface area contributed by atoms with Gasteiger partial charge < -0.3 is 4.74 Å².